The standard InChI is InChI=1S/C15H20N2O2/c1-3-7-11(16-4-2)10-17-14(18)12-8-5-6-9-13(12)15(17)19/h5-6,8-9,11,16H,3-4,7,10H2,1-2H3. The molecule has 0 saturated heterocycles. The number of fused-ring (bicyclic) bond motifs is 1. The van der Waals surface area contributed by atoms with Gasteiger partial charge >= 0.3 is 0 Å². The monoisotopic (exact) mass is 260 g/mol. The first-order chi connectivity index (χ1) is 9.19. The van der Waals surface area contributed by atoms with Crippen LogP contribution in [0.15, 0.2) is 24.3 Å². The second-order valence-electron chi connectivity index (χ2n) is 4.81. The number of nitrogens with one attached hydrogen (secondary N) is 1. The van der Waals surface area contributed by atoms with Crippen molar-refractivity contribution in [1.29, 1.82) is 0 Å². The van der Waals surface area contributed by atoms with Gasteiger partial charge in [0.05, 0.1) is 11.1 Å². The average Bonchev–Trinajstić information content (AvgIpc) is 2.65. The molecule has 0 aromatic heterocycles. The Balaban J connectivity index is 2.15. The number of benzene rings is 1. The summed E-state index contributed by atoms with van der Waals surface area (Å²) in [5, 5.41) is 3.33. The molecule has 1 N–H and O–H groups in total. The maximum atomic E-state index is 12.2. The summed E-state index contributed by atoms with van der Waals surface area (Å²) in [4.78, 5) is 25.8. The molecule has 0 bridgehead atoms. The average molecular weight is 260 g/mol. The van der Waals surface area contributed by atoms with Gasteiger partial charge in [0.15, 0.2) is 0 Å². The largest absolute Gasteiger partial charge is 0.312 e. The van der Waals surface area contributed by atoms with Gasteiger partial charge in [0.25, 0.3) is 11.8 Å². The third kappa shape index (κ3) is 2.68. The summed E-state index contributed by atoms with van der Waals surface area (Å²) in [7, 11) is 0. The van der Waals surface area contributed by atoms with Gasteiger partial charge < -0.3 is 5.32 Å². The van der Waals surface area contributed by atoms with Crippen LogP contribution in [0.5, 0.6) is 0 Å². The molecule has 1 aliphatic heterocycles. The first-order valence-corrected chi connectivity index (χ1v) is 6.87. The summed E-state index contributed by atoms with van der Waals surface area (Å²) in [5.41, 5.74) is 1.05. The van der Waals surface area contributed by atoms with Crippen molar-refractivity contribution in [3.8, 4) is 0 Å². The zero-order chi connectivity index (χ0) is 13.8. The van der Waals surface area contributed by atoms with Crippen LogP contribution >= 0.6 is 0 Å². The number of nitrogens with zero attached hydrogens (tertiary/aromatic N) is 1. The molecule has 0 aliphatic carbocycles. The van der Waals surface area contributed by atoms with E-state index in [-0.39, 0.29) is 17.9 Å². The topological polar surface area (TPSA) is 49.4 Å². The molecule has 19 heavy (non-hydrogen) atoms. The minimum absolute atomic E-state index is 0.167. The van der Waals surface area contributed by atoms with Gasteiger partial charge in [-0.2, -0.15) is 0 Å². The molecular formula is C15H20N2O2. The fourth-order valence-electron chi connectivity index (χ4n) is 2.52. The lowest BCUT2D eigenvalue weighted by molar-refractivity contribution is 0.0636. The molecule has 0 spiro atoms. The second kappa shape index (κ2) is 5.97. The van der Waals surface area contributed by atoms with E-state index in [1.807, 2.05) is 6.92 Å². The van der Waals surface area contributed by atoms with Crippen LogP contribution in [0.3, 0.4) is 0 Å². The van der Waals surface area contributed by atoms with E-state index in [0.29, 0.717) is 17.7 Å². The molecule has 1 heterocycles. The highest BCUT2D eigenvalue weighted by atomic mass is 16.2. The van der Waals surface area contributed by atoms with Crippen molar-refractivity contribution in [3.63, 3.8) is 0 Å². The maximum Gasteiger partial charge on any atom is 0.261 e. The number of hydrogen-bond acceptors (Lipinski definition) is 3. The molecule has 102 valence electrons. The molecule has 0 fully saturated rings. The van der Waals surface area contributed by atoms with Crippen molar-refractivity contribution in [2.45, 2.75) is 32.7 Å². The van der Waals surface area contributed by atoms with Crippen molar-refractivity contribution in [1.82, 2.24) is 10.2 Å². The maximum absolute atomic E-state index is 12.2. The SMILES string of the molecule is CCCC(CN1C(=O)c2ccccc2C1=O)NCC. The normalized spacial score (nSPS) is 15.8. The minimum atomic E-state index is -0.167. The quantitative estimate of drug-likeness (QED) is 0.796. The summed E-state index contributed by atoms with van der Waals surface area (Å²) in [6.07, 6.45) is 1.99. The number of hydrogen-bond donors (Lipinski definition) is 1. The van der Waals surface area contributed by atoms with Crippen molar-refractivity contribution >= 4 is 11.8 Å². The third-order valence-corrected chi connectivity index (χ3v) is 3.41. The van der Waals surface area contributed by atoms with Gasteiger partial charge in [-0.1, -0.05) is 32.4 Å². The van der Waals surface area contributed by atoms with Crippen molar-refractivity contribution in [2.24, 2.45) is 0 Å². The Morgan fingerprint density at radius 2 is 1.68 bits per heavy atom. The lowest BCUT2D eigenvalue weighted by Crippen LogP contribution is -2.43. The number of carbonyl (C=O) groups excluding carboxylic acids is 2. The van der Waals surface area contributed by atoms with Gasteiger partial charge in [0.2, 0.25) is 0 Å². The zero-order valence-corrected chi connectivity index (χ0v) is 11.5. The van der Waals surface area contributed by atoms with Gasteiger partial charge in [0, 0.05) is 12.6 Å². The van der Waals surface area contributed by atoms with E-state index in [2.05, 4.69) is 12.2 Å². The molecule has 0 saturated carbocycles. The number of amides is 2. The molecule has 1 aliphatic rings. The highest BCUT2D eigenvalue weighted by Gasteiger charge is 2.35. The van der Waals surface area contributed by atoms with E-state index in [1.54, 1.807) is 24.3 Å². The molecule has 2 amide bonds. The summed E-state index contributed by atoms with van der Waals surface area (Å²) in [5.74, 6) is -0.334. The molecule has 1 aromatic rings. The Bertz CT molecular complexity index is 444. The Morgan fingerprint density at radius 3 is 2.16 bits per heavy atom. The smallest absolute Gasteiger partial charge is 0.261 e. The third-order valence-electron chi connectivity index (χ3n) is 3.41. The van der Waals surface area contributed by atoms with Gasteiger partial charge in [-0.15, -0.1) is 0 Å². The van der Waals surface area contributed by atoms with Crippen LogP contribution in [-0.2, 0) is 0 Å². The van der Waals surface area contributed by atoms with Crippen LogP contribution in [0, 0.1) is 0 Å². The van der Waals surface area contributed by atoms with Gasteiger partial charge in [-0.05, 0) is 25.1 Å². The van der Waals surface area contributed by atoms with Crippen molar-refractivity contribution < 1.29 is 9.59 Å². The van der Waals surface area contributed by atoms with E-state index in [0.717, 1.165) is 19.4 Å². The Morgan fingerprint density at radius 1 is 1.11 bits per heavy atom. The summed E-state index contributed by atoms with van der Waals surface area (Å²) in [6.45, 7) is 5.43. The van der Waals surface area contributed by atoms with Crippen LogP contribution in [-0.4, -0.2) is 35.8 Å². The fourth-order valence-corrected chi connectivity index (χ4v) is 2.52. The Kier molecular flexibility index (Phi) is 4.32. The fraction of sp³-hybridized carbons (Fsp3) is 0.467. The Hall–Kier alpha value is -1.68. The van der Waals surface area contributed by atoms with Crippen molar-refractivity contribution in [2.75, 3.05) is 13.1 Å². The summed E-state index contributed by atoms with van der Waals surface area (Å²) < 4.78 is 0. The van der Waals surface area contributed by atoms with E-state index in [1.165, 1.54) is 4.90 Å². The molecule has 0 radical (unpaired) electrons. The molecule has 4 nitrogen and oxygen atoms in total. The molecule has 2 rings (SSSR count). The van der Waals surface area contributed by atoms with E-state index < -0.39 is 0 Å². The van der Waals surface area contributed by atoms with Crippen LogP contribution in [0.25, 0.3) is 0 Å². The van der Waals surface area contributed by atoms with E-state index in [9.17, 15) is 9.59 Å². The summed E-state index contributed by atoms with van der Waals surface area (Å²) >= 11 is 0. The molecular weight excluding hydrogens is 240 g/mol. The van der Waals surface area contributed by atoms with Crippen LogP contribution in [0.1, 0.15) is 47.4 Å². The highest BCUT2D eigenvalue weighted by Crippen LogP contribution is 2.22. The van der Waals surface area contributed by atoms with E-state index in [4.69, 9.17) is 0 Å². The zero-order valence-electron chi connectivity index (χ0n) is 11.5. The Labute approximate surface area is 113 Å². The van der Waals surface area contributed by atoms with Gasteiger partial charge in [0.1, 0.15) is 0 Å². The lowest BCUT2D eigenvalue weighted by atomic mass is 10.1. The number of imide groups is 1. The highest BCUT2D eigenvalue weighted by molar-refractivity contribution is 6.21. The molecule has 4 heteroatoms. The van der Waals surface area contributed by atoms with Gasteiger partial charge in [-0.25, -0.2) is 0 Å². The molecule has 1 atom stereocenters. The first kappa shape index (κ1) is 13.7. The van der Waals surface area contributed by atoms with E-state index >= 15 is 0 Å². The predicted molar refractivity (Wildman–Crippen MR) is 74.2 cm³/mol. The van der Waals surface area contributed by atoms with Crippen LogP contribution in [0.2, 0.25) is 0 Å². The number of rotatable bonds is 6. The number of carbonyl (C=O) groups is 2. The van der Waals surface area contributed by atoms with Crippen LogP contribution in [0.4, 0.5) is 0 Å². The molecule has 1 aromatic carbocycles. The van der Waals surface area contributed by atoms with Crippen molar-refractivity contribution in [3.05, 3.63) is 35.4 Å². The first-order valence-electron chi connectivity index (χ1n) is 6.87. The molecule has 1 unspecified atom stereocenters. The second-order valence-corrected chi connectivity index (χ2v) is 4.81. The van der Waals surface area contributed by atoms with Crippen LogP contribution < -0.4 is 5.32 Å². The lowest BCUT2D eigenvalue weighted by Gasteiger charge is -2.22. The minimum Gasteiger partial charge on any atom is -0.312 e. The predicted octanol–water partition coefficient (Wildman–Crippen LogP) is 2.06. The summed E-state index contributed by atoms with van der Waals surface area (Å²) in [6, 6.07) is 7.20. The van der Waals surface area contributed by atoms with Gasteiger partial charge in [-0.3, -0.25) is 14.5 Å². The number of likely N-dealkylation sites (N-methyl/N-ethyl adjacent to an activating group) is 1.